The number of hydrogen-bond acceptors (Lipinski definition) is 12. The number of esters is 2. The third kappa shape index (κ3) is 13.4. The van der Waals surface area contributed by atoms with E-state index >= 15 is 0 Å². The van der Waals surface area contributed by atoms with E-state index in [-0.39, 0.29) is 56.0 Å². The Morgan fingerprint density at radius 3 is 2.67 bits per heavy atom. The molecule has 0 unspecified atom stereocenters. The summed E-state index contributed by atoms with van der Waals surface area (Å²) in [5.41, 5.74) is 0.562. The number of hydrogen-bond donors (Lipinski definition) is 3. The molecular weight excluding hydrogens is 650 g/mol. The Hall–Kier alpha value is -4.43. The van der Waals surface area contributed by atoms with E-state index in [0.29, 0.717) is 35.6 Å². The van der Waals surface area contributed by atoms with Crippen LogP contribution in [-0.2, 0) is 19.2 Å². The molecule has 2 aromatic carbocycles. The Morgan fingerprint density at radius 2 is 1.92 bits per heavy atom. The van der Waals surface area contributed by atoms with Crippen molar-refractivity contribution in [3.63, 3.8) is 0 Å². The third-order valence-corrected chi connectivity index (χ3v) is 7.60. The first-order valence-corrected chi connectivity index (χ1v) is 15.7. The fourth-order valence-electron chi connectivity index (χ4n) is 5.00. The van der Waals surface area contributed by atoms with E-state index in [0.717, 1.165) is 6.08 Å². The molecule has 0 bridgehead atoms. The number of aliphatic hydroxyl groups excluding tert-OH is 3. The Bertz CT molecular complexity index is 1440. The molecule has 0 saturated heterocycles. The number of rotatable bonds is 19. The zero-order valence-electron chi connectivity index (χ0n) is 26.4. The van der Waals surface area contributed by atoms with Crippen LogP contribution in [0, 0.1) is 22.0 Å². The summed E-state index contributed by atoms with van der Waals surface area (Å²) < 4.78 is 21.1. The number of aliphatic hydroxyl groups is 3. The predicted octanol–water partition coefficient (Wildman–Crippen LogP) is 4.49. The Morgan fingerprint density at radius 1 is 1.10 bits per heavy atom. The molecule has 0 spiro atoms. The topological polar surface area (TPSA) is 184 Å². The Labute approximate surface area is 283 Å². The van der Waals surface area contributed by atoms with Gasteiger partial charge in [0.1, 0.15) is 31.7 Å². The molecule has 0 amide bonds. The van der Waals surface area contributed by atoms with Gasteiger partial charge in [-0.25, -0.2) is 4.79 Å². The van der Waals surface area contributed by atoms with E-state index < -0.39 is 35.3 Å². The second-order valence-corrected chi connectivity index (χ2v) is 11.3. The SMILES string of the molecule is COc1cc(C=CC(=O)OCCO[N+](=O)[O-])ccc1OC(=O)CCCC=CC[C@@H]1[C@@H](C=C[C@@H](O)COc2cccc(Cl)c2)[C@H](O)C[C@@H]1O. The fraction of sp³-hybridized carbons (Fsp3) is 0.412. The summed E-state index contributed by atoms with van der Waals surface area (Å²) in [6.45, 7) is -0.640. The van der Waals surface area contributed by atoms with E-state index in [1.807, 2.05) is 12.2 Å². The lowest BCUT2D eigenvalue weighted by Crippen LogP contribution is -2.21. The highest BCUT2D eigenvalue weighted by Crippen LogP contribution is 2.36. The van der Waals surface area contributed by atoms with Gasteiger partial charge in [-0.15, -0.1) is 10.1 Å². The van der Waals surface area contributed by atoms with Crippen LogP contribution < -0.4 is 14.2 Å². The van der Waals surface area contributed by atoms with E-state index in [1.165, 1.54) is 19.3 Å². The molecule has 0 radical (unpaired) electrons. The number of carbonyl (C=O) groups is 2. The summed E-state index contributed by atoms with van der Waals surface area (Å²) >= 11 is 5.95. The fourth-order valence-corrected chi connectivity index (χ4v) is 5.18. The van der Waals surface area contributed by atoms with Crippen molar-refractivity contribution in [3.8, 4) is 17.2 Å². The minimum absolute atomic E-state index is 0.0114. The van der Waals surface area contributed by atoms with Gasteiger partial charge in [-0.3, -0.25) is 4.79 Å². The molecule has 3 rings (SSSR count). The Balaban J connectivity index is 1.40. The van der Waals surface area contributed by atoms with E-state index in [1.54, 1.807) is 48.6 Å². The highest BCUT2D eigenvalue weighted by molar-refractivity contribution is 6.30. The molecule has 13 nitrogen and oxygen atoms in total. The number of ether oxygens (including phenoxy) is 4. The molecule has 3 N–H and O–H groups in total. The number of allylic oxidation sites excluding steroid dienone is 2. The van der Waals surface area contributed by atoms with Gasteiger partial charge in [0.05, 0.1) is 19.3 Å². The molecule has 14 heteroatoms. The lowest BCUT2D eigenvalue weighted by atomic mass is 9.89. The van der Waals surface area contributed by atoms with Gasteiger partial charge in [-0.1, -0.05) is 48.0 Å². The van der Waals surface area contributed by atoms with E-state index in [9.17, 15) is 35.0 Å². The summed E-state index contributed by atoms with van der Waals surface area (Å²) in [4.78, 5) is 38.4. The van der Waals surface area contributed by atoms with Crippen molar-refractivity contribution in [2.75, 3.05) is 26.9 Å². The molecule has 0 heterocycles. The van der Waals surface area contributed by atoms with Gasteiger partial charge < -0.3 is 39.1 Å². The summed E-state index contributed by atoms with van der Waals surface area (Å²) in [6.07, 6.45) is 9.39. The minimum Gasteiger partial charge on any atom is -0.493 e. The molecule has 0 aromatic heterocycles. The molecule has 0 aliphatic heterocycles. The molecule has 260 valence electrons. The first-order valence-electron chi connectivity index (χ1n) is 15.3. The van der Waals surface area contributed by atoms with Crippen molar-refractivity contribution in [2.24, 2.45) is 11.8 Å². The lowest BCUT2D eigenvalue weighted by Gasteiger charge is -2.19. The first-order chi connectivity index (χ1) is 23.0. The number of carbonyl (C=O) groups excluding carboxylic acids is 2. The predicted molar refractivity (Wildman–Crippen MR) is 175 cm³/mol. The van der Waals surface area contributed by atoms with Crippen LogP contribution in [0.15, 0.2) is 72.8 Å². The largest absolute Gasteiger partial charge is 0.493 e. The van der Waals surface area contributed by atoms with Gasteiger partial charge in [0.25, 0.3) is 5.09 Å². The van der Waals surface area contributed by atoms with Crippen LogP contribution >= 0.6 is 11.6 Å². The second kappa shape index (κ2) is 20.1. The zero-order chi connectivity index (χ0) is 34.9. The van der Waals surface area contributed by atoms with Gasteiger partial charge >= 0.3 is 11.9 Å². The van der Waals surface area contributed by atoms with Crippen LogP contribution in [0.2, 0.25) is 5.02 Å². The molecule has 2 aromatic rings. The molecule has 5 atom stereocenters. The molecule has 48 heavy (non-hydrogen) atoms. The standard InChI is InChI=1S/C34H40ClNO12/c1-44-32-19-23(12-16-33(40)45-17-18-47-36(42)43)11-15-31(32)48-34(41)10-5-3-2-4-9-27-28(30(39)21-29(27)38)14-13-25(37)22-46-26-8-6-7-24(35)20-26/h2,4,6-8,11-16,19-20,25,27-30,37-39H,3,5,9-10,17-18,21-22H2,1H3/t25-,27-,28-,29+,30-/m1/s1. The average Bonchev–Trinajstić information content (AvgIpc) is 3.32. The smallest absolute Gasteiger partial charge is 0.330 e. The maximum absolute atomic E-state index is 12.4. The number of methoxy groups -OCH3 is 1. The zero-order valence-corrected chi connectivity index (χ0v) is 27.1. The quantitative estimate of drug-likeness (QED) is 0.0358. The van der Waals surface area contributed by atoms with E-state index in [4.69, 9.17) is 30.5 Å². The van der Waals surface area contributed by atoms with Crippen molar-refractivity contribution in [1.82, 2.24) is 0 Å². The van der Waals surface area contributed by atoms with Crippen LogP contribution in [0.25, 0.3) is 6.08 Å². The van der Waals surface area contributed by atoms with Crippen molar-refractivity contribution in [1.29, 1.82) is 0 Å². The normalized spacial score (nSPS) is 19.9. The van der Waals surface area contributed by atoms with Gasteiger partial charge in [-0.2, -0.15) is 0 Å². The summed E-state index contributed by atoms with van der Waals surface area (Å²) in [6, 6.07) is 11.6. The van der Waals surface area contributed by atoms with Crippen molar-refractivity contribution >= 4 is 29.6 Å². The van der Waals surface area contributed by atoms with Gasteiger partial charge in [0.15, 0.2) is 11.5 Å². The van der Waals surface area contributed by atoms with Crippen molar-refractivity contribution in [3.05, 3.63) is 93.5 Å². The molecule has 1 aliphatic rings. The number of benzene rings is 2. The molecule has 1 saturated carbocycles. The van der Waals surface area contributed by atoms with E-state index in [2.05, 4.69) is 4.84 Å². The van der Waals surface area contributed by atoms with Crippen molar-refractivity contribution in [2.45, 2.75) is 50.4 Å². The molecule has 1 fully saturated rings. The average molecular weight is 690 g/mol. The highest BCUT2D eigenvalue weighted by Gasteiger charge is 2.39. The molecular formula is C34H40ClNO12. The lowest BCUT2D eigenvalue weighted by molar-refractivity contribution is -0.757. The first kappa shape index (κ1) is 38.0. The molecule has 1 aliphatic carbocycles. The Kier molecular flexibility index (Phi) is 15.9. The van der Waals surface area contributed by atoms with Gasteiger partial charge in [-0.05, 0) is 67.2 Å². The monoisotopic (exact) mass is 689 g/mol. The van der Waals surface area contributed by atoms with Gasteiger partial charge in [0, 0.05) is 29.9 Å². The minimum atomic E-state index is -0.980. The number of unbranched alkanes of at least 4 members (excludes halogenated alkanes) is 1. The number of nitrogens with zero attached hydrogens (tertiary/aromatic N) is 1. The summed E-state index contributed by atoms with van der Waals surface area (Å²) in [5.74, 6) is -0.719. The summed E-state index contributed by atoms with van der Waals surface area (Å²) in [5, 5.41) is 41.0. The van der Waals surface area contributed by atoms with Crippen LogP contribution in [0.5, 0.6) is 17.2 Å². The maximum atomic E-state index is 12.4. The highest BCUT2D eigenvalue weighted by atomic mass is 35.5. The maximum Gasteiger partial charge on any atom is 0.330 e. The third-order valence-electron chi connectivity index (χ3n) is 7.36. The summed E-state index contributed by atoms with van der Waals surface area (Å²) in [7, 11) is 1.41. The second-order valence-electron chi connectivity index (χ2n) is 10.9. The van der Waals surface area contributed by atoms with Crippen LogP contribution in [0.1, 0.15) is 37.7 Å². The number of halogens is 1. The van der Waals surface area contributed by atoms with Crippen LogP contribution in [0.3, 0.4) is 0 Å². The van der Waals surface area contributed by atoms with Crippen molar-refractivity contribution < 1.29 is 53.8 Å². The van der Waals surface area contributed by atoms with Gasteiger partial charge in [0.2, 0.25) is 0 Å². The van der Waals surface area contributed by atoms with Crippen LogP contribution in [-0.4, -0.2) is 77.6 Å². The van der Waals surface area contributed by atoms with Crippen LogP contribution in [0.4, 0.5) is 0 Å².